The van der Waals surface area contributed by atoms with Gasteiger partial charge in [0.2, 0.25) is 0 Å². The van der Waals surface area contributed by atoms with Gasteiger partial charge in [-0.2, -0.15) is 13.2 Å². The highest BCUT2D eigenvalue weighted by molar-refractivity contribution is 7.78. The lowest BCUT2D eigenvalue weighted by Gasteiger charge is -2.29. The highest BCUT2D eigenvalue weighted by Crippen LogP contribution is 2.37. The Kier molecular flexibility index (Phi) is 3.53. The van der Waals surface area contributed by atoms with Crippen LogP contribution in [0.4, 0.5) is 13.2 Å². The van der Waals surface area contributed by atoms with Gasteiger partial charge in [0.15, 0.2) is 0 Å². The first-order chi connectivity index (χ1) is 6.04. The molecule has 0 amide bonds. The summed E-state index contributed by atoms with van der Waals surface area (Å²) in [7, 11) is 0. The van der Waals surface area contributed by atoms with Crippen molar-refractivity contribution in [3.05, 3.63) is 0 Å². The number of thiocarbonyl (C=S) groups is 1. The molecule has 0 bridgehead atoms. The van der Waals surface area contributed by atoms with Crippen LogP contribution in [0.2, 0.25) is 0 Å². The summed E-state index contributed by atoms with van der Waals surface area (Å²) in [6.45, 7) is 0. The normalized spacial score (nSPS) is 29.8. The first kappa shape index (κ1) is 10.8. The summed E-state index contributed by atoms with van der Waals surface area (Å²) in [6.07, 6.45) is -2.42. The maximum atomic E-state index is 12.2. The average Bonchev–Trinajstić information content (AvgIpc) is 2.04. The quantitative estimate of drug-likeness (QED) is 0.705. The van der Waals surface area contributed by atoms with E-state index in [1.54, 1.807) is 0 Å². The van der Waals surface area contributed by atoms with Crippen molar-refractivity contribution < 1.29 is 13.2 Å². The van der Waals surface area contributed by atoms with Crippen molar-refractivity contribution in [2.75, 3.05) is 0 Å². The van der Waals surface area contributed by atoms with Gasteiger partial charge in [0.05, 0.1) is 11.4 Å². The number of rotatable bonds is 2. The van der Waals surface area contributed by atoms with Gasteiger partial charge in [-0.05, 0) is 25.7 Å². The zero-order valence-electron chi connectivity index (χ0n) is 7.10. The number of halogens is 3. The Bertz CT molecular complexity index is 173. The van der Waals surface area contributed by atoms with E-state index >= 15 is 0 Å². The average molecular weight is 211 g/mol. The third-order valence-corrected chi connectivity index (χ3v) is 2.63. The van der Waals surface area contributed by atoms with Crippen molar-refractivity contribution in [1.82, 2.24) is 5.32 Å². The van der Waals surface area contributed by atoms with E-state index in [0.717, 1.165) is 0 Å². The van der Waals surface area contributed by atoms with Crippen LogP contribution in [-0.4, -0.2) is 17.7 Å². The third kappa shape index (κ3) is 3.14. The Hall–Kier alpha value is -0.320. The van der Waals surface area contributed by atoms with Gasteiger partial charge in [-0.25, -0.2) is 0 Å². The van der Waals surface area contributed by atoms with Crippen molar-refractivity contribution in [3.8, 4) is 0 Å². The largest absolute Gasteiger partial charge is 0.391 e. The van der Waals surface area contributed by atoms with Crippen LogP contribution in [0.15, 0.2) is 0 Å². The molecular formula is C8H12F3NS. The Morgan fingerprint density at radius 2 is 1.69 bits per heavy atom. The van der Waals surface area contributed by atoms with E-state index in [1.165, 1.54) is 5.49 Å². The van der Waals surface area contributed by atoms with Crippen molar-refractivity contribution >= 4 is 17.7 Å². The minimum atomic E-state index is -4.01. The highest BCUT2D eigenvalue weighted by Gasteiger charge is 2.41. The molecule has 1 aliphatic rings. The van der Waals surface area contributed by atoms with E-state index < -0.39 is 12.1 Å². The maximum absolute atomic E-state index is 12.2. The molecule has 5 heteroatoms. The fraction of sp³-hybridized carbons (Fsp3) is 0.875. The van der Waals surface area contributed by atoms with Crippen molar-refractivity contribution in [2.45, 2.75) is 37.9 Å². The minimum Gasteiger partial charge on any atom is -0.379 e. The van der Waals surface area contributed by atoms with Gasteiger partial charge in [-0.3, -0.25) is 0 Å². The zero-order chi connectivity index (χ0) is 9.90. The van der Waals surface area contributed by atoms with Gasteiger partial charge in [0, 0.05) is 6.04 Å². The number of hydrogen-bond acceptors (Lipinski definition) is 1. The van der Waals surface area contributed by atoms with Crippen molar-refractivity contribution in [2.24, 2.45) is 5.92 Å². The van der Waals surface area contributed by atoms with E-state index in [0.29, 0.717) is 12.8 Å². The molecule has 0 unspecified atom stereocenters. The van der Waals surface area contributed by atoms with Crippen LogP contribution >= 0.6 is 12.2 Å². The van der Waals surface area contributed by atoms with Crippen LogP contribution < -0.4 is 5.32 Å². The Labute approximate surface area is 80.7 Å². The Balaban J connectivity index is 2.34. The molecule has 13 heavy (non-hydrogen) atoms. The Morgan fingerprint density at radius 3 is 2.08 bits per heavy atom. The molecule has 0 aromatic carbocycles. The first-order valence-corrected chi connectivity index (χ1v) is 4.77. The highest BCUT2D eigenvalue weighted by atomic mass is 32.1. The predicted octanol–water partition coefficient (Wildman–Crippen LogP) is 2.65. The summed E-state index contributed by atoms with van der Waals surface area (Å²) in [5.74, 6) is -1.10. The second kappa shape index (κ2) is 4.26. The molecule has 0 aliphatic heterocycles. The lowest BCUT2D eigenvalue weighted by molar-refractivity contribution is -0.182. The molecule has 1 fully saturated rings. The van der Waals surface area contributed by atoms with Gasteiger partial charge in [-0.15, -0.1) is 0 Å². The molecule has 0 atom stereocenters. The SMILES string of the molecule is FC(F)(F)C1CCC(NC=S)CC1. The Morgan fingerprint density at radius 1 is 1.15 bits per heavy atom. The lowest BCUT2D eigenvalue weighted by Crippen LogP contribution is -2.35. The third-order valence-electron chi connectivity index (χ3n) is 2.49. The monoisotopic (exact) mass is 211 g/mol. The topological polar surface area (TPSA) is 12.0 Å². The minimum absolute atomic E-state index is 0.149. The molecule has 1 rings (SSSR count). The smallest absolute Gasteiger partial charge is 0.379 e. The van der Waals surface area contributed by atoms with E-state index in [9.17, 15) is 13.2 Å². The van der Waals surface area contributed by atoms with Crippen molar-refractivity contribution in [3.63, 3.8) is 0 Å². The van der Waals surface area contributed by atoms with Gasteiger partial charge >= 0.3 is 6.18 Å². The van der Waals surface area contributed by atoms with E-state index in [1.807, 2.05) is 0 Å². The molecule has 0 spiro atoms. The van der Waals surface area contributed by atoms with Crippen LogP contribution in [0.25, 0.3) is 0 Å². The van der Waals surface area contributed by atoms with Crippen LogP contribution in [0.5, 0.6) is 0 Å². The fourth-order valence-electron chi connectivity index (χ4n) is 1.68. The first-order valence-electron chi connectivity index (χ1n) is 4.30. The van der Waals surface area contributed by atoms with Crippen LogP contribution in [0, 0.1) is 5.92 Å². The van der Waals surface area contributed by atoms with E-state index in [-0.39, 0.29) is 18.9 Å². The molecule has 0 aromatic rings. The summed E-state index contributed by atoms with van der Waals surface area (Å²) < 4.78 is 36.6. The summed E-state index contributed by atoms with van der Waals surface area (Å²) in [5, 5.41) is 2.88. The summed E-state index contributed by atoms with van der Waals surface area (Å²) in [4.78, 5) is 0. The number of nitrogens with one attached hydrogen (secondary N) is 1. The van der Waals surface area contributed by atoms with Gasteiger partial charge in [0.1, 0.15) is 0 Å². The molecule has 0 aromatic heterocycles. The fourth-order valence-corrected chi connectivity index (χ4v) is 1.88. The van der Waals surface area contributed by atoms with Crippen LogP contribution in [0.1, 0.15) is 25.7 Å². The lowest BCUT2D eigenvalue weighted by atomic mass is 9.86. The second-order valence-electron chi connectivity index (χ2n) is 3.37. The second-order valence-corrected chi connectivity index (χ2v) is 3.61. The standard InChI is InChI=1S/C8H12F3NS/c9-8(10,11)6-1-3-7(4-2-6)12-5-13/h5-7H,1-4H2,(H,12,13). The molecule has 0 saturated heterocycles. The molecule has 76 valence electrons. The molecule has 1 saturated carbocycles. The summed E-state index contributed by atoms with van der Waals surface area (Å²) in [5.41, 5.74) is 1.39. The summed E-state index contributed by atoms with van der Waals surface area (Å²) >= 11 is 4.58. The predicted molar refractivity (Wildman–Crippen MR) is 48.6 cm³/mol. The van der Waals surface area contributed by atoms with E-state index in [4.69, 9.17) is 0 Å². The number of alkyl halides is 3. The molecule has 0 radical (unpaired) electrons. The van der Waals surface area contributed by atoms with E-state index in [2.05, 4.69) is 17.5 Å². The van der Waals surface area contributed by atoms with Gasteiger partial charge in [0.25, 0.3) is 0 Å². The van der Waals surface area contributed by atoms with Gasteiger partial charge < -0.3 is 5.32 Å². The zero-order valence-corrected chi connectivity index (χ0v) is 7.92. The molecule has 0 heterocycles. The molecular weight excluding hydrogens is 199 g/mol. The van der Waals surface area contributed by atoms with Crippen LogP contribution in [0.3, 0.4) is 0 Å². The van der Waals surface area contributed by atoms with Gasteiger partial charge in [-0.1, -0.05) is 12.2 Å². The number of hydrogen-bond donors (Lipinski definition) is 1. The molecule has 1 N–H and O–H groups in total. The van der Waals surface area contributed by atoms with Crippen molar-refractivity contribution in [1.29, 1.82) is 0 Å². The summed E-state index contributed by atoms with van der Waals surface area (Å²) in [6, 6.07) is 0.149. The van der Waals surface area contributed by atoms with Crippen LogP contribution in [-0.2, 0) is 0 Å². The molecule has 1 nitrogen and oxygen atoms in total. The maximum Gasteiger partial charge on any atom is 0.391 e. The molecule has 1 aliphatic carbocycles.